The van der Waals surface area contributed by atoms with E-state index in [0.717, 1.165) is 16.5 Å². The zero-order valence-electron chi connectivity index (χ0n) is 11.4. The average molecular weight is 288 g/mol. The number of nitrogens with one attached hydrogen (secondary N) is 1. The molecule has 0 aliphatic heterocycles. The predicted molar refractivity (Wildman–Crippen MR) is 84.6 cm³/mol. The maximum Gasteiger partial charge on any atom is 0.220 e. The number of benzene rings is 1. The van der Waals surface area contributed by atoms with Gasteiger partial charge >= 0.3 is 0 Å². The van der Waals surface area contributed by atoms with Gasteiger partial charge in [-0.15, -0.1) is 16.8 Å². The molecular formula is C14H16N4OS. The van der Waals surface area contributed by atoms with Gasteiger partial charge in [0.2, 0.25) is 11.0 Å². The minimum atomic E-state index is 0.0703. The number of azo groups is 1. The molecule has 1 aromatic carbocycles. The Balaban J connectivity index is 2.41. The lowest BCUT2D eigenvalue weighted by Crippen LogP contribution is -2.18. The molecular weight excluding hydrogens is 272 g/mol. The summed E-state index contributed by atoms with van der Waals surface area (Å²) in [5.41, 5.74) is 2.41. The molecule has 6 heteroatoms. The third kappa shape index (κ3) is 2.70. The van der Waals surface area contributed by atoms with E-state index in [0.29, 0.717) is 12.2 Å². The number of rotatable bonds is 3. The number of aromatic nitrogens is 1. The van der Waals surface area contributed by atoms with Gasteiger partial charge in [0.05, 0.1) is 5.52 Å². The van der Waals surface area contributed by atoms with E-state index in [9.17, 15) is 5.11 Å². The monoisotopic (exact) mass is 288 g/mol. The van der Waals surface area contributed by atoms with Crippen molar-refractivity contribution in [3.63, 3.8) is 0 Å². The molecule has 0 atom stereocenters. The third-order valence-corrected chi connectivity index (χ3v) is 3.16. The Labute approximate surface area is 122 Å². The number of thiocarbonyl (C=S) groups is 1. The Bertz CT molecular complexity index is 703. The summed E-state index contributed by atoms with van der Waals surface area (Å²) in [4.78, 5) is 0. The second kappa shape index (κ2) is 5.83. The largest absolute Gasteiger partial charge is 0.493 e. The van der Waals surface area contributed by atoms with Crippen molar-refractivity contribution in [1.82, 2.24) is 9.88 Å². The number of hydrogen-bond acceptors (Lipinski definition) is 3. The molecule has 2 N–H and O–H groups in total. The first-order chi connectivity index (χ1) is 9.54. The van der Waals surface area contributed by atoms with Crippen LogP contribution in [0.3, 0.4) is 0 Å². The molecule has 2 aromatic rings. The molecule has 0 aliphatic carbocycles. The van der Waals surface area contributed by atoms with Gasteiger partial charge in [0.25, 0.3) is 0 Å². The summed E-state index contributed by atoms with van der Waals surface area (Å²) >= 11 is 5.01. The Kier molecular flexibility index (Phi) is 4.14. The molecule has 20 heavy (non-hydrogen) atoms. The first-order valence-electron chi connectivity index (χ1n) is 6.13. The summed E-state index contributed by atoms with van der Waals surface area (Å²) in [5, 5.41) is 22.1. The lowest BCUT2D eigenvalue weighted by Gasteiger charge is -1.97. The molecule has 0 amide bonds. The summed E-state index contributed by atoms with van der Waals surface area (Å²) in [6, 6.07) is 5.89. The molecule has 2 rings (SSSR count). The van der Waals surface area contributed by atoms with Gasteiger partial charge in [-0.05, 0) is 31.3 Å². The zero-order valence-corrected chi connectivity index (χ0v) is 12.2. The first-order valence-corrected chi connectivity index (χ1v) is 6.54. The molecule has 0 saturated carbocycles. The van der Waals surface area contributed by atoms with E-state index in [4.69, 9.17) is 12.2 Å². The molecule has 0 spiro atoms. The van der Waals surface area contributed by atoms with Crippen LogP contribution in [-0.4, -0.2) is 21.3 Å². The fourth-order valence-corrected chi connectivity index (χ4v) is 2.04. The van der Waals surface area contributed by atoms with Crippen LogP contribution in [0, 0.1) is 6.92 Å². The van der Waals surface area contributed by atoms with Crippen LogP contribution in [0.25, 0.3) is 10.9 Å². The highest BCUT2D eigenvalue weighted by molar-refractivity contribution is 7.80. The van der Waals surface area contributed by atoms with Crippen LogP contribution in [0.4, 0.5) is 5.69 Å². The summed E-state index contributed by atoms with van der Waals surface area (Å²) in [7, 11) is 1.78. The van der Waals surface area contributed by atoms with Gasteiger partial charge in [-0.3, -0.25) is 0 Å². The quantitative estimate of drug-likeness (QED) is 0.517. The standard InChI is InChI=1S/C14H16N4OS/c1-4-7-15-14(20)17-16-12-10-8-9(2)5-6-11(10)18(3)13(12)19/h4-6,8,19H,1,7H2,2-3H3,(H,15,20). The summed E-state index contributed by atoms with van der Waals surface area (Å²) in [6.45, 7) is 6.09. The van der Waals surface area contributed by atoms with Crippen molar-refractivity contribution in [2.75, 3.05) is 6.54 Å². The van der Waals surface area contributed by atoms with Crippen LogP contribution >= 0.6 is 12.2 Å². The SMILES string of the molecule is C=CCNC(=S)N=Nc1c(O)n(C)c2ccc(C)cc12. The minimum absolute atomic E-state index is 0.0703. The van der Waals surface area contributed by atoms with Crippen molar-refractivity contribution in [1.29, 1.82) is 0 Å². The fraction of sp³-hybridized carbons (Fsp3) is 0.214. The topological polar surface area (TPSA) is 61.9 Å². The van der Waals surface area contributed by atoms with E-state index in [1.54, 1.807) is 17.7 Å². The van der Waals surface area contributed by atoms with Crippen molar-refractivity contribution < 1.29 is 5.11 Å². The van der Waals surface area contributed by atoms with Crippen molar-refractivity contribution in [2.45, 2.75) is 6.92 Å². The Morgan fingerprint density at radius 3 is 3.00 bits per heavy atom. The van der Waals surface area contributed by atoms with Gasteiger partial charge in [-0.25, -0.2) is 0 Å². The van der Waals surface area contributed by atoms with Crippen molar-refractivity contribution in [2.24, 2.45) is 17.3 Å². The summed E-state index contributed by atoms with van der Waals surface area (Å²) < 4.78 is 1.67. The second-order valence-electron chi connectivity index (χ2n) is 4.43. The van der Waals surface area contributed by atoms with E-state index in [2.05, 4.69) is 22.1 Å². The highest BCUT2D eigenvalue weighted by atomic mass is 32.1. The Morgan fingerprint density at radius 1 is 1.55 bits per heavy atom. The van der Waals surface area contributed by atoms with Gasteiger partial charge in [0.1, 0.15) is 0 Å². The van der Waals surface area contributed by atoms with Crippen LogP contribution in [0.2, 0.25) is 0 Å². The maximum atomic E-state index is 10.1. The fourth-order valence-electron chi connectivity index (χ4n) is 1.91. The third-order valence-electron chi connectivity index (χ3n) is 2.94. The molecule has 0 fully saturated rings. The van der Waals surface area contributed by atoms with Crippen molar-refractivity contribution in [3.8, 4) is 5.88 Å². The maximum absolute atomic E-state index is 10.1. The zero-order chi connectivity index (χ0) is 14.7. The van der Waals surface area contributed by atoms with E-state index in [1.165, 1.54) is 0 Å². The molecule has 104 valence electrons. The molecule has 0 unspecified atom stereocenters. The normalized spacial score (nSPS) is 11.1. The van der Waals surface area contributed by atoms with Crippen molar-refractivity contribution in [3.05, 3.63) is 36.4 Å². The molecule has 0 bridgehead atoms. The van der Waals surface area contributed by atoms with Crippen LogP contribution in [-0.2, 0) is 7.05 Å². The predicted octanol–water partition coefficient (Wildman–Crippen LogP) is 3.34. The lowest BCUT2D eigenvalue weighted by molar-refractivity contribution is 0.436. The summed E-state index contributed by atoms with van der Waals surface area (Å²) in [6.07, 6.45) is 1.68. The molecule has 1 heterocycles. The molecule has 5 nitrogen and oxygen atoms in total. The molecule has 1 aromatic heterocycles. The van der Waals surface area contributed by atoms with Gasteiger partial charge in [0.15, 0.2) is 5.69 Å². The van der Waals surface area contributed by atoms with E-state index >= 15 is 0 Å². The van der Waals surface area contributed by atoms with E-state index in [-0.39, 0.29) is 11.0 Å². The lowest BCUT2D eigenvalue weighted by atomic mass is 10.1. The average Bonchev–Trinajstić information content (AvgIpc) is 2.66. The van der Waals surface area contributed by atoms with Crippen LogP contribution in [0.5, 0.6) is 5.88 Å². The number of fused-ring (bicyclic) bond motifs is 1. The smallest absolute Gasteiger partial charge is 0.220 e. The van der Waals surface area contributed by atoms with Crippen molar-refractivity contribution >= 4 is 33.9 Å². The molecule has 0 radical (unpaired) electrons. The Hall–Kier alpha value is -2.21. The van der Waals surface area contributed by atoms with E-state index < -0.39 is 0 Å². The Morgan fingerprint density at radius 2 is 2.30 bits per heavy atom. The highest BCUT2D eigenvalue weighted by Gasteiger charge is 2.14. The highest BCUT2D eigenvalue weighted by Crippen LogP contribution is 2.38. The van der Waals surface area contributed by atoms with Crippen LogP contribution in [0.15, 0.2) is 41.1 Å². The number of aromatic hydroxyl groups is 1. The molecule has 0 saturated heterocycles. The number of nitrogens with zero attached hydrogens (tertiary/aromatic N) is 3. The van der Waals surface area contributed by atoms with Gasteiger partial charge in [-0.1, -0.05) is 17.7 Å². The van der Waals surface area contributed by atoms with Crippen LogP contribution in [0.1, 0.15) is 5.56 Å². The van der Waals surface area contributed by atoms with E-state index in [1.807, 2.05) is 25.1 Å². The first kappa shape index (κ1) is 14.2. The molecule has 0 aliphatic rings. The van der Waals surface area contributed by atoms with Gasteiger partial charge < -0.3 is 15.0 Å². The van der Waals surface area contributed by atoms with Gasteiger partial charge in [-0.2, -0.15) is 0 Å². The summed E-state index contributed by atoms with van der Waals surface area (Å²) in [5.74, 6) is 0.0703. The van der Waals surface area contributed by atoms with Gasteiger partial charge in [0, 0.05) is 19.0 Å². The number of hydrogen-bond donors (Lipinski definition) is 2. The number of aryl methyl sites for hydroxylation is 2. The van der Waals surface area contributed by atoms with Crippen LogP contribution < -0.4 is 5.32 Å². The second-order valence-corrected chi connectivity index (χ2v) is 4.81. The minimum Gasteiger partial charge on any atom is -0.493 e.